The van der Waals surface area contributed by atoms with Crippen LogP contribution in [-0.2, 0) is 0 Å². The molecule has 0 atom stereocenters. The molecule has 1 aliphatic carbocycles. The molecule has 1 aliphatic heterocycles. The summed E-state index contributed by atoms with van der Waals surface area (Å²) >= 11 is 7.78. The highest BCUT2D eigenvalue weighted by atomic mass is 35.5. The molecule has 0 aromatic carbocycles. The molecular formula is C20H22ClN5S. The Bertz CT molecular complexity index is 956. The van der Waals surface area contributed by atoms with Crippen molar-refractivity contribution >= 4 is 35.0 Å². The summed E-state index contributed by atoms with van der Waals surface area (Å²) < 4.78 is 2.11. The third kappa shape index (κ3) is 3.19. The number of fused-ring (bicyclic) bond motifs is 1. The van der Waals surface area contributed by atoms with Crippen LogP contribution < -0.4 is 4.90 Å². The number of pyridine rings is 1. The molecule has 0 amide bonds. The average molecular weight is 400 g/mol. The van der Waals surface area contributed by atoms with Gasteiger partial charge in [-0.2, -0.15) is 0 Å². The molecule has 7 heteroatoms. The Hall–Kier alpha value is -1.79. The van der Waals surface area contributed by atoms with Crippen molar-refractivity contribution in [3.63, 3.8) is 0 Å². The van der Waals surface area contributed by atoms with Crippen molar-refractivity contribution in [3.8, 4) is 0 Å². The fraction of sp³-hybridized carbons (Fsp3) is 0.450. The molecule has 140 valence electrons. The van der Waals surface area contributed by atoms with E-state index in [1.54, 1.807) is 18.0 Å². The maximum absolute atomic E-state index is 6.22. The maximum atomic E-state index is 6.22. The van der Waals surface area contributed by atoms with E-state index in [2.05, 4.69) is 19.3 Å². The number of hydrogen-bond acceptors (Lipinski definition) is 5. The van der Waals surface area contributed by atoms with E-state index in [9.17, 15) is 0 Å². The number of imidazole rings is 1. The van der Waals surface area contributed by atoms with E-state index in [-0.39, 0.29) is 0 Å². The highest BCUT2D eigenvalue weighted by Gasteiger charge is 2.37. The van der Waals surface area contributed by atoms with Gasteiger partial charge in [-0.1, -0.05) is 36.2 Å². The zero-order valence-electron chi connectivity index (χ0n) is 15.1. The predicted octanol–water partition coefficient (Wildman–Crippen LogP) is 5.09. The fourth-order valence-electron chi connectivity index (χ4n) is 4.56. The van der Waals surface area contributed by atoms with Crippen LogP contribution in [0.4, 0.5) is 5.95 Å². The zero-order valence-corrected chi connectivity index (χ0v) is 16.7. The minimum Gasteiger partial charge on any atom is -0.342 e. The summed E-state index contributed by atoms with van der Waals surface area (Å²) in [7, 11) is 0. The van der Waals surface area contributed by atoms with E-state index in [4.69, 9.17) is 16.6 Å². The summed E-state index contributed by atoms with van der Waals surface area (Å²) in [6.07, 6.45) is 15.7. The Balaban J connectivity index is 1.42. The zero-order chi connectivity index (χ0) is 18.3. The van der Waals surface area contributed by atoms with Crippen molar-refractivity contribution < 1.29 is 0 Å². The lowest BCUT2D eigenvalue weighted by Gasteiger charge is -2.39. The number of halogens is 1. The Morgan fingerprint density at radius 1 is 0.963 bits per heavy atom. The van der Waals surface area contributed by atoms with E-state index in [1.807, 2.05) is 30.7 Å². The topological polar surface area (TPSA) is 46.3 Å². The van der Waals surface area contributed by atoms with Gasteiger partial charge in [0.1, 0.15) is 5.15 Å². The van der Waals surface area contributed by atoms with Gasteiger partial charge in [0.15, 0.2) is 5.65 Å². The molecule has 0 unspecified atom stereocenters. The van der Waals surface area contributed by atoms with Gasteiger partial charge in [-0.15, -0.1) is 0 Å². The van der Waals surface area contributed by atoms with Crippen LogP contribution in [0.15, 0.2) is 46.7 Å². The standard InChI is InChI=1S/C20H22ClN5S/c21-17-15(4-3-9-22-17)27-16-14-24-19(26-13-10-23-18(16)26)25-11-7-20(8-12-25)5-1-2-6-20/h3-4,9-10,13-14H,1-2,5-8,11-12H2. The minimum atomic E-state index is 0.508. The Morgan fingerprint density at radius 2 is 1.78 bits per heavy atom. The summed E-state index contributed by atoms with van der Waals surface area (Å²) in [4.78, 5) is 17.9. The van der Waals surface area contributed by atoms with Crippen molar-refractivity contribution in [1.29, 1.82) is 0 Å². The quantitative estimate of drug-likeness (QED) is 0.574. The summed E-state index contributed by atoms with van der Waals surface area (Å²) in [5, 5.41) is 0.508. The van der Waals surface area contributed by atoms with Crippen LogP contribution in [0.2, 0.25) is 5.15 Å². The molecule has 1 saturated heterocycles. The second-order valence-corrected chi connectivity index (χ2v) is 9.07. The first-order chi connectivity index (χ1) is 13.2. The molecule has 2 fully saturated rings. The third-order valence-corrected chi connectivity index (χ3v) is 7.56. The first-order valence-corrected chi connectivity index (χ1v) is 10.8. The summed E-state index contributed by atoms with van der Waals surface area (Å²) in [5.41, 5.74) is 1.53. The van der Waals surface area contributed by atoms with Crippen LogP contribution in [0.1, 0.15) is 38.5 Å². The number of aromatic nitrogens is 4. The Morgan fingerprint density at radius 3 is 2.56 bits per heavy atom. The molecule has 0 N–H and O–H groups in total. The highest BCUT2D eigenvalue weighted by molar-refractivity contribution is 7.99. The van der Waals surface area contributed by atoms with Crippen molar-refractivity contribution in [2.75, 3.05) is 18.0 Å². The Kier molecular flexibility index (Phi) is 4.48. The summed E-state index contributed by atoms with van der Waals surface area (Å²) in [5.74, 6) is 0.997. The summed E-state index contributed by atoms with van der Waals surface area (Å²) in [6, 6.07) is 3.87. The second kappa shape index (κ2) is 6.99. The molecule has 0 bridgehead atoms. The van der Waals surface area contributed by atoms with Gasteiger partial charge < -0.3 is 4.90 Å². The Labute approximate surface area is 168 Å². The SMILES string of the molecule is Clc1ncccc1Sc1cnc(N2CCC3(CCCC3)CC2)n2ccnc12. The average Bonchev–Trinajstić information content (AvgIpc) is 3.35. The van der Waals surface area contributed by atoms with Gasteiger partial charge in [-0.3, -0.25) is 4.40 Å². The first-order valence-electron chi connectivity index (χ1n) is 9.60. The number of anilines is 1. The van der Waals surface area contributed by atoms with Crippen molar-refractivity contribution in [3.05, 3.63) is 42.1 Å². The van der Waals surface area contributed by atoms with Gasteiger partial charge in [-0.25, -0.2) is 15.0 Å². The van der Waals surface area contributed by atoms with Crippen LogP contribution >= 0.6 is 23.4 Å². The van der Waals surface area contributed by atoms with Crippen LogP contribution in [0, 0.1) is 5.41 Å². The molecule has 3 aromatic rings. The number of nitrogens with zero attached hydrogens (tertiary/aromatic N) is 5. The van der Waals surface area contributed by atoms with E-state index in [0.717, 1.165) is 34.5 Å². The van der Waals surface area contributed by atoms with Crippen molar-refractivity contribution in [1.82, 2.24) is 19.4 Å². The van der Waals surface area contributed by atoms with Crippen LogP contribution in [0.5, 0.6) is 0 Å². The molecule has 3 aromatic heterocycles. The lowest BCUT2D eigenvalue weighted by molar-refractivity contribution is 0.225. The first kappa shape index (κ1) is 17.3. The number of rotatable bonds is 3. The molecule has 0 radical (unpaired) electrons. The number of piperidine rings is 1. The van der Waals surface area contributed by atoms with Gasteiger partial charge in [0, 0.05) is 42.8 Å². The molecular weight excluding hydrogens is 378 g/mol. The largest absolute Gasteiger partial charge is 0.342 e. The van der Waals surface area contributed by atoms with E-state index in [1.165, 1.54) is 38.5 Å². The molecule has 2 aliphatic rings. The fourth-order valence-corrected chi connectivity index (χ4v) is 5.66. The normalized spacial score (nSPS) is 19.2. The van der Waals surface area contributed by atoms with E-state index >= 15 is 0 Å². The molecule has 27 heavy (non-hydrogen) atoms. The second-order valence-electron chi connectivity index (χ2n) is 7.63. The molecule has 5 rings (SSSR count). The third-order valence-electron chi connectivity index (χ3n) is 6.09. The van der Waals surface area contributed by atoms with Crippen molar-refractivity contribution in [2.24, 2.45) is 5.41 Å². The molecule has 1 spiro atoms. The highest BCUT2D eigenvalue weighted by Crippen LogP contribution is 2.46. The molecule has 1 saturated carbocycles. The van der Waals surface area contributed by atoms with Gasteiger partial charge in [0.25, 0.3) is 0 Å². The van der Waals surface area contributed by atoms with Crippen molar-refractivity contribution in [2.45, 2.75) is 48.3 Å². The van der Waals surface area contributed by atoms with Crippen LogP contribution in [0.3, 0.4) is 0 Å². The van der Waals surface area contributed by atoms with Gasteiger partial charge >= 0.3 is 0 Å². The van der Waals surface area contributed by atoms with Crippen LogP contribution in [0.25, 0.3) is 5.65 Å². The summed E-state index contributed by atoms with van der Waals surface area (Å²) in [6.45, 7) is 2.17. The number of hydrogen-bond donors (Lipinski definition) is 0. The lowest BCUT2D eigenvalue weighted by atomic mass is 9.77. The molecule has 4 heterocycles. The predicted molar refractivity (Wildman–Crippen MR) is 109 cm³/mol. The minimum absolute atomic E-state index is 0.508. The molecule has 5 nitrogen and oxygen atoms in total. The monoisotopic (exact) mass is 399 g/mol. The van der Waals surface area contributed by atoms with Gasteiger partial charge in [0.05, 0.1) is 4.90 Å². The van der Waals surface area contributed by atoms with E-state index < -0.39 is 0 Å². The smallest absolute Gasteiger partial charge is 0.211 e. The maximum Gasteiger partial charge on any atom is 0.211 e. The van der Waals surface area contributed by atoms with E-state index in [0.29, 0.717) is 10.6 Å². The van der Waals surface area contributed by atoms with Crippen LogP contribution in [-0.4, -0.2) is 32.4 Å². The lowest BCUT2D eigenvalue weighted by Crippen LogP contribution is -2.40. The van der Waals surface area contributed by atoms with Gasteiger partial charge in [0.2, 0.25) is 5.95 Å². The van der Waals surface area contributed by atoms with Gasteiger partial charge in [-0.05, 0) is 43.2 Å².